The zero-order chi connectivity index (χ0) is 9.80. The molecule has 0 aromatic rings. The van der Waals surface area contributed by atoms with Crippen molar-refractivity contribution in [2.24, 2.45) is 11.8 Å². The second-order valence-corrected chi connectivity index (χ2v) is 5.22. The summed E-state index contributed by atoms with van der Waals surface area (Å²) in [5.74, 6) is 2.04. The summed E-state index contributed by atoms with van der Waals surface area (Å²) >= 11 is 0. The highest BCUT2D eigenvalue weighted by molar-refractivity contribution is 4.90. The molecule has 14 heavy (non-hydrogen) atoms. The van der Waals surface area contributed by atoms with Gasteiger partial charge in [-0.2, -0.15) is 0 Å². The fourth-order valence-corrected chi connectivity index (χ4v) is 3.47. The average molecular weight is 195 g/mol. The van der Waals surface area contributed by atoms with Crippen molar-refractivity contribution >= 4 is 0 Å². The molecule has 3 unspecified atom stereocenters. The van der Waals surface area contributed by atoms with Gasteiger partial charge in [0.15, 0.2) is 0 Å². The van der Waals surface area contributed by atoms with Crippen LogP contribution in [-0.2, 0) is 0 Å². The predicted molar refractivity (Wildman–Crippen MR) is 61.4 cm³/mol. The zero-order valence-corrected chi connectivity index (χ0v) is 9.60. The summed E-state index contributed by atoms with van der Waals surface area (Å²) in [6.07, 6.45) is 11.7. The van der Waals surface area contributed by atoms with Crippen LogP contribution in [0.1, 0.15) is 58.3 Å². The maximum absolute atomic E-state index is 3.78. The summed E-state index contributed by atoms with van der Waals surface area (Å²) in [6.45, 7) is 3.60. The van der Waals surface area contributed by atoms with Crippen LogP contribution < -0.4 is 5.32 Å². The van der Waals surface area contributed by atoms with Gasteiger partial charge in [-0.1, -0.05) is 26.2 Å². The molecule has 1 aliphatic carbocycles. The maximum atomic E-state index is 3.78. The van der Waals surface area contributed by atoms with Crippen LogP contribution in [0.4, 0.5) is 0 Å². The largest absolute Gasteiger partial charge is 0.313 e. The van der Waals surface area contributed by atoms with Crippen LogP contribution in [0, 0.1) is 11.8 Å². The third-order valence-electron chi connectivity index (χ3n) is 4.23. The molecule has 82 valence electrons. The van der Waals surface area contributed by atoms with Crippen LogP contribution in [0.25, 0.3) is 0 Å². The quantitative estimate of drug-likeness (QED) is 0.728. The van der Waals surface area contributed by atoms with Gasteiger partial charge in [0.25, 0.3) is 0 Å². The second kappa shape index (κ2) is 5.16. The van der Waals surface area contributed by atoms with Crippen molar-refractivity contribution in [2.45, 2.75) is 64.3 Å². The van der Waals surface area contributed by atoms with E-state index in [1.807, 2.05) is 0 Å². The monoisotopic (exact) mass is 195 g/mol. The number of fused-ring (bicyclic) bond motifs is 1. The Morgan fingerprint density at radius 3 is 2.86 bits per heavy atom. The smallest absolute Gasteiger partial charge is 0.0124 e. The van der Waals surface area contributed by atoms with Crippen LogP contribution in [0.5, 0.6) is 0 Å². The minimum Gasteiger partial charge on any atom is -0.313 e. The van der Waals surface area contributed by atoms with Crippen LogP contribution >= 0.6 is 0 Å². The van der Waals surface area contributed by atoms with Gasteiger partial charge in [0.1, 0.15) is 0 Å². The molecule has 3 atom stereocenters. The van der Waals surface area contributed by atoms with Crippen molar-refractivity contribution < 1.29 is 0 Å². The first-order valence-corrected chi connectivity index (χ1v) is 6.65. The van der Waals surface area contributed by atoms with Gasteiger partial charge in [-0.05, 0) is 50.5 Å². The van der Waals surface area contributed by atoms with E-state index in [1.54, 1.807) is 0 Å². The SMILES string of the molecule is CCCCC1CCCC2CCCNC12. The van der Waals surface area contributed by atoms with Crippen molar-refractivity contribution in [3.63, 3.8) is 0 Å². The number of hydrogen-bond acceptors (Lipinski definition) is 1. The molecule has 0 bridgehead atoms. The van der Waals surface area contributed by atoms with Gasteiger partial charge in [0.05, 0.1) is 0 Å². The summed E-state index contributed by atoms with van der Waals surface area (Å²) in [6, 6.07) is 0.893. The highest BCUT2D eigenvalue weighted by Crippen LogP contribution is 2.36. The van der Waals surface area contributed by atoms with Crippen molar-refractivity contribution in [3.8, 4) is 0 Å². The van der Waals surface area contributed by atoms with E-state index in [1.165, 1.54) is 57.9 Å². The lowest BCUT2D eigenvalue weighted by Crippen LogP contribution is -2.48. The second-order valence-electron chi connectivity index (χ2n) is 5.22. The number of nitrogens with one attached hydrogen (secondary N) is 1. The van der Waals surface area contributed by atoms with E-state index in [2.05, 4.69) is 12.2 Å². The molecule has 2 aliphatic rings. The van der Waals surface area contributed by atoms with E-state index in [4.69, 9.17) is 0 Å². The summed E-state index contributed by atoms with van der Waals surface area (Å²) in [5, 5.41) is 3.78. The zero-order valence-electron chi connectivity index (χ0n) is 9.60. The Balaban J connectivity index is 1.88. The Bertz CT molecular complexity index is 165. The highest BCUT2D eigenvalue weighted by atomic mass is 14.9. The lowest BCUT2D eigenvalue weighted by atomic mass is 9.71. The Labute approximate surface area is 88.7 Å². The molecule has 0 spiro atoms. The van der Waals surface area contributed by atoms with E-state index in [9.17, 15) is 0 Å². The van der Waals surface area contributed by atoms with Gasteiger partial charge in [-0.15, -0.1) is 0 Å². The molecule has 1 saturated heterocycles. The highest BCUT2D eigenvalue weighted by Gasteiger charge is 2.33. The molecule has 0 aromatic heterocycles. The molecule has 1 saturated carbocycles. The summed E-state index contributed by atoms with van der Waals surface area (Å²) in [5.41, 5.74) is 0. The molecule has 0 aromatic carbocycles. The van der Waals surface area contributed by atoms with Crippen LogP contribution in [0.3, 0.4) is 0 Å². The first-order valence-electron chi connectivity index (χ1n) is 6.65. The van der Waals surface area contributed by atoms with E-state index in [0.717, 1.165) is 17.9 Å². The topological polar surface area (TPSA) is 12.0 Å². The molecule has 2 rings (SSSR count). The van der Waals surface area contributed by atoms with E-state index < -0.39 is 0 Å². The lowest BCUT2D eigenvalue weighted by molar-refractivity contribution is 0.138. The van der Waals surface area contributed by atoms with Crippen LogP contribution in [0.2, 0.25) is 0 Å². The van der Waals surface area contributed by atoms with Gasteiger partial charge in [0.2, 0.25) is 0 Å². The Morgan fingerprint density at radius 2 is 2.00 bits per heavy atom. The Morgan fingerprint density at radius 1 is 1.14 bits per heavy atom. The summed E-state index contributed by atoms with van der Waals surface area (Å²) < 4.78 is 0. The first-order chi connectivity index (χ1) is 6.92. The minimum atomic E-state index is 0.893. The predicted octanol–water partition coefficient (Wildman–Crippen LogP) is 3.34. The molecule has 1 heteroatoms. The fraction of sp³-hybridized carbons (Fsp3) is 1.00. The van der Waals surface area contributed by atoms with Crippen molar-refractivity contribution in [1.29, 1.82) is 0 Å². The van der Waals surface area contributed by atoms with Crippen molar-refractivity contribution in [2.75, 3.05) is 6.54 Å². The van der Waals surface area contributed by atoms with Gasteiger partial charge in [-0.25, -0.2) is 0 Å². The van der Waals surface area contributed by atoms with Gasteiger partial charge < -0.3 is 5.32 Å². The van der Waals surface area contributed by atoms with Gasteiger partial charge in [0, 0.05) is 6.04 Å². The standard InChI is InChI=1S/C13H25N/c1-2-3-6-11-7-4-8-12-9-5-10-14-13(11)12/h11-14H,2-10H2,1H3. The fourth-order valence-electron chi connectivity index (χ4n) is 3.47. The summed E-state index contributed by atoms with van der Waals surface area (Å²) in [7, 11) is 0. The van der Waals surface area contributed by atoms with Crippen molar-refractivity contribution in [1.82, 2.24) is 5.32 Å². The third kappa shape index (κ3) is 2.31. The average Bonchev–Trinajstić information content (AvgIpc) is 2.26. The number of piperidine rings is 1. The lowest BCUT2D eigenvalue weighted by Gasteiger charge is -2.42. The number of hydrogen-bond donors (Lipinski definition) is 1. The minimum absolute atomic E-state index is 0.893. The molecule has 1 N–H and O–H groups in total. The molecule has 0 radical (unpaired) electrons. The normalized spacial score (nSPS) is 37.9. The Kier molecular flexibility index (Phi) is 3.86. The molecule has 0 amide bonds. The molecule has 2 fully saturated rings. The third-order valence-corrected chi connectivity index (χ3v) is 4.23. The molecule has 1 aliphatic heterocycles. The summed E-state index contributed by atoms with van der Waals surface area (Å²) in [4.78, 5) is 0. The number of unbranched alkanes of at least 4 members (excludes halogenated alkanes) is 1. The first kappa shape index (κ1) is 10.5. The van der Waals surface area contributed by atoms with E-state index in [-0.39, 0.29) is 0 Å². The molecule has 1 heterocycles. The number of rotatable bonds is 3. The molecular formula is C13H25N. The Hall–Kier alpha value is -0.0400. The van der Waals surface area contributed by atoms with E-state index in [0.29, 0.717) is 0 Å². The van der Waals surface area contributed by atoms with Crippen LogP contribution in [0.15, 0.2) is 0 Å². The molecule has 1 nitrogen and oxygen atoms in total. The molecular weight excluding hydrogens is 170 g/mol. The van der Waals surface area contributed by atoms with E-state index >= 15 is 0 Å². The van der Waals surface area contributed by atoms with Crippen LogP contribution in [-0.4, -0.2) is 12.6 Å². The van der Waals surface area contributed by atoms with Crippen molar-refractivity contribution in [3.05, 3.63) is 0 Å². The maximum Gasteiger partial charge on any atom is 0.0124 e. The van der Waals surface area contributed by atoms with Gasteiger partial charge >= 0.3 is 0 Å². The van der Waals surface area contributed by atoms with Gasteiger partial charge in [-0.3, -0.25) is 0 Å².